The molecule has 1 aromatic heterocycles. The van der Waals surface area contributed by atoms with Crippen molar-refractivity contribution in [1.82, 2.24) is 9.97 Å². The first-order valence-electron chi connectivity index (χ1n) is 6.02. The normalized spacial score (nSPS) is 18.9. The summed E-state index contributed by atoms with van der Waals surface area (Å²) >= 11 is 0. The van der Waals surface area contributed by atoms with Crippen LogP contribution in [0.5, 0.6) is 5.88 Å². The standard InChI is InChI=1S/C12H17N3O3/c1-18-11-6-10(13-8-14-11)15-5-4-9(7-15)2-3-12(16)17/h6,8-9H,2-5,7H2,1H3,(H,16,17). The number of aromatic nitrogens is 2. The van der Waals surface area contributed by atoms with Crippen LogP contribution in [0.4, 0.5) is 5.82 Å². The molecule has 1 unspecified atom stereocenters. The molecule has 0 bridgehead atoms. The quantitative estimate of drug-likeness (QED) is 0.846. The first kappa shape index (κ1) is 12.6. The first-order valence-corrected chi connectivity index (χ1v) is 6.02. The van der Waals surface area contributed by atoms with Gasteiger partial charge in [-0.05, 0) is 18.8 Å². The van der Waals surface area contributed by atoms with Gasteiger partial charge in [0.05, 0.1) is 7.11 Å². The van der Waals surface area contributed by atoms with Crippen LogP contribution in [0.1, 0.15) is 19.3 Å². The van der Waals surface area contributed by atoms with Crippen molar-refractivity contribution >= 4 is 11.8 Å². The maximum atomic E-state index is 10.5. The van der Waals surface area contributed by atoms with Crippen LogP contribution in [0.25, 0.3) is 0 Å². The summed E-state index contributed by atoms with van der Waals surface area (Å²) in [6.45, 7) is 1.76. The van der Waals surface area contributed by atoms with Crippen LogP contribution in [0, 0.1) is 5.92 Å². The predicted molar refractivity (Wildman–Crippen MR) is 65.8 cm³/mol. The molecule has 0 saturated carbocycles. The third kappa shape index (κ3) is 3.09. The number of anilines is 1. The maximum absolute atomic E-state index is 10.5. The first-order chi connectivity index (χ1) is 8.69. The molecule has 2 heterocycles. The van der Waals surface area contributed by atoms with Gasteiger partial charge in [-0.25, -0.2) is 9.97 Å². The minimum Gasteiger partial charge on any atom is -0.481 e. The maximum Gasteiger partial charge on any atom is 0.303 e. The SMILES string of the molecule is COc1cc(N2CCC(CCC(=O)O)C2)ncn1. The fourth-order valence-corrected chi connectivity index (χ4v) is 2.22. The lowest BCUT2D eigenvalue weighted by molar-refractivity contribution is -0.137. The summed E-state index contributed by atoms with van der Waals surface area (Å²) in [4.78, 5) is 20.9. The summed E-state index contributed by atoms with van der Waals surface area (Å²) in [5, 5.41) is 8.67. The lowest BCUT2D eigenvalue weighted by atomic mass is 10.0. The highest BCUT2D eigenvalue weighted by atomic mass is 16.5. The summed E-state index contributed by atoms with van der Waals surface area (Å²) in [5.74, 6) is 1.10. The van der Waals surface area contributed by atoms with Gasteiger partial charge in [0.15, 0.2) is 0 Å². The summed E-state index contributed by atoms with van der Waals surface area (Å²) in [6, 6.07) is 1.81. The summed E-state index contributed by atoms with van der Waals surface area (Å²) in [7, 11) is 1.58. The van der Waals surface area contributed by atoms with Crippen molar-refractivity contribution < 1.29 is 14.6 Å². The van der Waals surface area contributed by atoms with Crippen LogP contribution >= 0.6 is 0 Å². The molecule has 1 aliphatic heterocycles. The minimum atomic E-state index is -0.725. The van der Waals surface area contributed by atoms with Crippen molar-refractivity contribution in [2.75, 3.05) is 25.1 Å². The average Bonchev–Trinajstić information content (AvgIpc) is 2.85. The van der Waals surface area contributed by atoms with Crippen molar-refractivity contribution in [2.24, 2.45) is 5.92 Å². The number of rotatable bonds is 5. The number of nitrogens with zero attached hydrogens (tertiary/aromatic N) is 3. The van der Waals surface area contributed by atoms with E-state index in [0.29, 0.717) is 11.8 Å². The largest absolute Gasteiger partial charge is 0.481 e. The number of aliphatic carboxylic acids is 1. The van der Waals surface area contributed by atoms with Crippen molar-refractivity contribution in [2.45, 2.75) is 19.3 Å². The molecular formula is C12H17N3O3. The molecule has 98 valence electrons. The second-order valence-electron chi connectivity index (χ2n) is 4.45. The van der Waals surface area contributed by atoms with Gasteiger partial charge in [0, 0.05) is 25.6 Å². The second kappa shape index (κ2) is 5.66. The highest BCUT2D eigenvalue weighted by molar-refractivity contribution is 5.66. The van der Waals surface area contributed by atoms with Gasteiger partial charge in [0.2, 0.25) is 5.88 Å². The zero-order valence-electron chi connectivity index (χ0n) is 10.4. The number of ether oxygens (including phenoxy) is 1. The number of carboxylic acids is 1. The molecule has 1 aromatic rings. The predicted octanol–water partition coefficient (Wildman–Crippen LogP) is 1.18. The van der Waals surface area contributed by atoms with Crippen LogP contribution in [0.3, 0.4) is 0 Å². The number of methoxy groups -OCH3 is 1. The number of carboxylic acid groups (broad SMARTS) is 1. The van der Waals surface area contributed by atoms with E-state index < -0.39 is 5.97 Å². The second-order valence-corrected chi connectivity index (χ2v) is 4.45. The van der Waals surface area contributed by atoms with Crippen LogP contribution < -0.4 is 9.64 Å². The number of carbonyl (C=O) groups is 1. The van der Waals surface area contributed by atoms with Gasteiger partial charge < -0.3 is 14.7 Å². The van der Waals surface area contributed by atoms with Gasteiger partial charge in [-0.15, -0.1) is 0 Å². The van der Waals surface area contributed by atoms with E-state index in [1.54, 1.807) is 13.2 Å². The highest BCUT2D eigenvalue weighted by Gasteiger charge is 2.24. The monoisotopic (exact) mass is 251 g/mol. The Morgan fingerprint density at radius 1 is 1.61 bits per heavy atom. The molecule has 0 amide bonds. The van der Waals surface area contributed by atoms with E-state index in [-0.39, 0.29) is 6.42 Å². The number of hydrogen-bond donors (Lipinski definition) is 1. The van der Waals surface area contributed by atoms with E-state index in [0.717, 1.165) is 31.7 Å². The van der Waals surface area contributed by atoms with Crippen molar-refractivity contribution in [3.8, 4) is 5.88 Å². The van der Waals surface area contributed by atoms with E-state index >= 15 is 0 Å². The zero-order valence-corrected chi connectivity index (χ0v) is 10.4. The van der Waals surface area contributed by atoms with Gasteiger partial charge in [-0.2, -0.15) is 0 Å². The number of hydrogen-bond acceptors (Lipinski definition) is 5. The Labute approximate surface area is 106 Å². The molecule has 0 spiro atoms. The van der Waals surface area contributed by atoms with Crippen LogP contribution in [-0.4, -0.2) is 41.2 Å². The molecule has 1 atom stereocenters. The lowest BCUT2D eigenvalue weighted by Crippen LogP contribution is -2.21. The van der Waals surface area contributed by atoms with E-state index in [4.69, 9.17) is 9.84 Å². The Hall–Kier alpha value is -1.85. The topological polar surface area (TPSA) is 75.5 Å². The van der Waals surface area contributed by atoms with Crippen molar-refractivity contribution in [3.63, 3.8) is 0 Å². The highest BCUT2D eigenvalue weighted by Crippen LogP contribution is 2.26. The molecule has 2 rings (SSSR count). The van der Waals surface area contributed by atoms with Gasteiger partial charge >= 0.3 is 5.97 Å². The molecule has 0 radical (unpaired) electrons. The van der Waals surface area contributed by atoms with E-state index in [2.05, 4.69) is 14.9 Å². The van der Waals surface area contributed by atoms with Gasteiger partial charge in [-0.3, -0.25) is 4.79 Å². The summed E-state index contributed by atoms with van der Waals surface area (Å²) in [6.07, 6.45) is 3.47. The molecular weight excluding hydrogens is 234 g/mol. The Balaban J connectivity index is 1.93. The fourth-order valence-electron chi connectivity index (χ4n) is 2.22. The van der Waals surface area contributed by atoms with Crippen LogP contribution in [-0.2, 0) is 4.79 Å². The zero-order chi connectivity index (χ0) is 13.0. The van der Waals surface area contributed by atoms with Crippen LogP contribution in [0.2, 0.25) is 0 Å². The average molecular weight is 251 g/mol. The third-order valence-corrected chi connectivity index (χ3v) is 3.21. The van der Waals surface area contributed by atoms with Crippen LogP contribution in [0.15, 0.2) is 12.4 Å². The lowest BCUT2D eigenvalue weighted by Gasteiger charge is -2.17. The van der Waals surface area contributed by atoms with Crippen molar-refractivity contribution in [3.05, 3.63) is 12.4 Å². The minimum absolute atomic E-state index is 0.242. The molecule has 1 aliphatic rings. The fraction of sp³-hybridized carbons (Fsp3) is 0.583. The molecule has 0 aliphatic carbocycles. The third-order valence-electron chi connectivity index (χ3n) is 3.21. The van der Waals surface area contributed by atoms with Gasteiger partial charge in [0.1, 0.15) is 12.1 Å². The Kier molecular flexibility index (Phi) is 3.96. The van der Waals surface area contributed by atoms with E-state index in [1.807, 2.05) is 0 Å². The molecule has 6 heteroatoms. The summed E-state index contributed by atoms with van der Waals surface area (Å²) < 4.78 is 5.06. The van der Waals surface area contributed by atoms with Crippen molar-refractivity contribution in [1.29, 1.82) is 0 Å². The van der Waals surface area contributed by atoms with Gasteiger partial charge in [0.25, 0.3) is 0 Å². The molecule has 18 heavy (non-hydrogen) atoms. The molecule has 6 nitrogen and oxygen atoms in total. The smallest absolute Gasteiger partial charge is 0.303 e. The molecule has 1 saturated heterocycles. The Bertz CT molecular complexity index is 425. The molecule has 0 aromatic carbocycles. The van der Waals surface area contributed by atoms with E-state index in [1.165, 1.54) is 6.33 Å². The van der Waals surface area contributed by atoms with Gasteiger partial charge in [-0.1, -0.05) is 0 Å². The molecule has 1 fully saturated rings. The summed E-state index contributed by atoms with van der Waals surface area (Å²) in [5.41, 5.74) is 0. The Morgan fingerprint density at radius 2 is 2.44 bits per heavy atom. The van der Waals surface area contributed by atoms with E-state index in [9.17, 15) is 4.79 Å². The molecule has 1 N–H and O–H groups in total. The Morgan fingerprint density at radius 3 is 3.17 bits per heavy atom.